The number of aliphatic hydroxyl groups is 1. The summed E-state index contributed by atoms with van der Waals surface area (Å²) in [5.41, 5.74) is 1.13. The van der Waals surface area contributed by atoms with Crippen LogP contribution < -0.4 is 5.32 Å². The van der Waals surface area contributed by atoms with Crippen LogP contribution in [-0.4, -0.2) is 22.7 Å². The molecule has 0 radical (unpaired) electrons. The van der Waals surface area contributed by atoms with Crippen molar-refractivity contribution in [2.75, 3.05) is 6.54 Å². The van der Waals surface area contributed by atoms with Crippen molar-refractivity contribution in [3.05, 3.63) is 39.9 Å². The van der Waals surface area contributed by atoms with Crippen LogP contribution >= 0.6 is 0 Å². The highest BCUT2D eigenvalue weighted by Gasteiger charge is 2.11. The maximum Gasteiger partial charge on any atom is 0.269 e. The smallest absolute Gasteiger partial charge is 0.269 e. The van der Waals surface area contributed by atoms with Crippen LogP contribution in [-0.2, 0) is 0 Å². The first-order chi connectivity index (χ1) is 8.90. The number of benzene rings is 1. The van der Waals surface area contributed by atoms with Crippen LogP contribution in [0.25, 0.3) is 0 Å². The summed E-state index contributed by atoms with van der Waals surface area (Å²) >= 11 is 0. The summed E-state index contributed by atoms with van der Waals surface area (Å²) in [6, 6.07) is 6.72. The summed E-state index contributed by atoms with van der Waals surface area (Å²) in [7, 11) is 0. The molecule has 1 aromatic rings. The number of nitrogens with zero attached hydrogens (tertiary/aromatic N) is 1. The van der Waals surface area contributed by atoms with Gasteiger partial charge in [0.05, 0.1) is 11.0 Å². The third-order valence-corrected chi connectivity index (χ3v) is 3.12. The van der Waals surface area contributed by atoms with E-state index in [2.05, 4.69) is 12.2 Å². The van der Waals surface area contributed by atoms with Crippen LogP contribution in [0.4, 0.5) is 5.69 Å². The predicted octanol–water partition coefficient (Wildman–Crippen LogP) is 2.65. The van der Waals surface area contributed by atoms with Crippen LogP contribution in [0.2, 0.25) is 0 Å². The molecule has 0 amide bonds. The lowest BCUT2D eigenvalue weighted by atomic mass is 10.0. The summed E-state index contributed by atoms with van der Waals surface area (Å²) in [4.78, 5) is 10.2. The second-order valence-electron chi connectivity index (χ2n) is 5.17. The van der Waals surface area contributed by atoms with E-state index in [0.717, 1.165) is 18.5 Å². The van der Waals surface area contributed by atoms with E-state index >= 15 is 0 Å². The Bertz CT molecular complexity index is 404. The van der Waals surface area contributed by atoms with Gasteiger partial charge in [-0.05, 0) is 38.3 Å². The molecule has 1 aromatic carbocycles. The van der Waals surface area contributed by atoms with Gasteiger partial charge in [-0.1, -0.05) is 19.1 Å². The molecule has 106 valence electrons. The summed E-state index contributed by atoms with van der Waals surface area (Å²) in [5, 5.41) is 23.2. The summed E-state index contributed by atoms with van der Waals surface area (Å²) in [6.45, 7) is 6.71. The van der Waals surface area contributed by atoms with E-state index in [0.29, 0.717) is 5.92 Å². The minimum Gasteiger partial charge on any atom is -0.393 e. The van der Waals surface area contributed by atoms with Gasteiger partial charge in [0.15, 0.2) is 0 Å². The Morgan fingerprint density at radius 2 is 1.84 bits per heavy atom. The third-order valence-electron chi connectivity index (χ3n) is 3.12. The normalized spacial score (nSPS) is 15.8. The first kappa shape index (κ1) is 15.6. The van der Waals surface area contributed by atoms with Crippen molar-refractivity contribution in [1.29, 1.82) is 0 Å². The highest BCUT2D eigenvalue weighted by Crippen LogP contribution is 2.18. The van der Waals surface area contributed by atoms with E-state index in [9.17, 15) is 15.2 Å². The minimum absolute atomic E-state index is 0.110. The zero-order valence-corrected chi connectivity index (χ0v) is 11.7. The molecule has 2 N–H and O–H groups in total. The van der Waals surface area contributed by atoms with Crippen molar-refractivity contribution >= 4 is 5.69 Å². The van der Waals surface area contributed by atoms with Crippen LogP contribution in [0.1, 0.15) is 38.8 Å². The standard InChI is InChI=1S/C14H22N2O3/c1-10(8-11(2)17)9-15-12(3)13-4-6-14(7-5-13)16(18)19/h4-7,10-12,15,17H,8-9H2,1-3H3/t10-,11+,12+/m1/s1. The Balaban J connectivity index is 2.49. The summed E-state index contributed by atoms with van der Waals surface area (Å²) in [5.74, 6) is 0.389. The van der Waals surface area contributed by atoms with Gasteiger partial charge in [0.2, 0.25) is 0 Å². The molecule has 0 unspecified atom stereocenters. The predicted molar refractivity (Wildman–Crippen MR) is 75.0 cm³/mol. The lowest BCUT2D eigenvalue weighted by Gasteiger charge is -2.19. The van der Waals surface area contributed by atoms with Crippen LogP contribution in [0.15, 0.2) is 24.3 Å². The number of nitrogens with one attached hydrogen (secondary N) is 1. The van der Waals surface area contributed by atoms with E-state index < -0.39 is 4.92 Å². The molecule has 5 nitrogen and oxygen atoms in total. The average molecular weight is 266 g/mol. The quantitative estimate of drug-likeness (QED) is 0.587. The van der Waals surface area contributed by atoms with Crippen molar-refractivity contribution in [2.24, 2.45) is 5.92 Å². The van der Waals surface area contributed by atoms with Gasteiger partial charge in [-0.3, -0.25) is 10.1 Å². The van der Waals surface area contributed by atoms with Gasteiger partial charge in [0.25, 0.3) is 5.69 Å². The first-order valence-corrected chi connectivity index (χ1v) is 6.56. The Kier molecular flexibility index (Phi) is 5.92. The van der Waals surface area contributed by atoms with Gasteiger partial charge in [0, 0.05) is 18.2 Å². The Morgan fingerprint density at radius 3 is 2.32 bits per heavy atom. The molecule has 0 aliphatic carbocycles. The second kappa shape index (κ2) is 7.21. The fourth-order valence-electron chi connectivity index (χ4n) is 2.05. The molecule has 0 saturated carbocycles. The van der Waals surface area contributed by atoms with Crippen molar-refractivity contribution in [2.45, 2.75) is 39.3 Å². The Labute approximate surface area is 113 Å². The number of non-ortho nitro benzene ring substituents is 1. The highest BCUT2D eigenvalue weighted by atomic mass is 16.6. The summed E-state index contributed by atoms with van der Waals surface area (Å²) in [6.07, 6.45) is 0.478. The number of aliphatic hydroxyl groups excluding tert-OH is 1. The van der Waals surface area contributed by atoms with Gasteiger partial charge in [-0.25, -0.2) is 0 Å². The molecule has 5 heteroatoms. The number of nitro groups is 1. The number of hydrogen-bond acceptors (Lipinski definition) is 4. The maximum absolute atomic E-state index is 10.6. The summed E-state index contributed by atoms with van der Waals surface area (Å²) < 4.78 is 0. The largest absolute Gasteiger partial charge is 0.393 e. The van der Waals surface area contributed by atoms with Crippen molar-refractivity contribution in [3.8, 4) is 0 Å². The number of rotatable bonds is 7. The fraction of sp³-hybridized carbons (Fsp3) is 0.571. The monoisotopic (exact) mass is 266 g/mol. The van der Waals surface area contributed by atoms with E-state index in [-0.39, 0.29) is 17.8 Å². The average Bonchev–Trinajstić information content (AvgIpc) is 2.35. The van der Waals surface area contributed by atoms with Crippen molar-refractivity contribution < 1.29 is 10.0 Å². The molecular weight excluding hydrogens is 244 g/mol. The van der Waals surface area contributed by atoms with E-state index in [1.54, 1.807) is 19.1 Å². The molecule has 0 heterocycles. The van der Waals surface area contributed by atoms with Gasteiger partial charge < -0.3 is 10.4 Å². The topological polar surface area (TPSA) is 75.4 Å². The number of nitro benzene ring substituents is 1. The first-order valence-electron chi connectivity index (χ1n) is 6.56. The molecule has 0 saturated heterocycles. The molecule has 0 aliphatic heterocycles. The van der Waals surface area contributed by atoms with Gasteiger partial charge in [-0.2, -0.15) is 0 Å². The SMILES string of the molecule is C[C@@H](CN[C@@H](C)c1ccc([N+](=O)[O-])cc1)C[C@H](C)O. The molecule has 0 aromatic heterocycles. The maximum atomic E-state index is 10.6. The highest BCUT2D eigenvalue weighted by molar-refractivity contribution is 5.33. The van der Waals surface area contributed by atoms with E-state index in [4.69, 9.17) is 0 Å². The Morgan fingerprint density at radius 1 is 1.26 bits per heavy atom. The molecule has 0 aliphatic rings. The third kappa shape index (κ3) is 5.36. The Hall–Kier alpha value is -1.46. The molecule has 3 atom stereocenters. The zero-order valence-electron chi connectivity index (χ0n) is 11.7. The molecule has 1 rings (SSSR count). The molecule has 0 spiro atoms. The molecular formula is C14H22N2O3. The fourth-order valence-corrected chi connectivity index (χ4v) is 2.05. The van der Waals surface area contributed by atoms with Crippen LogP contribution in [0.5, 0.6) is 0 Å². The van der Waals surface area contributed by atoms with E-state index in [1.165, 1.54) is 12.1 Å². The lowest BCUT2D eigenvalue weighted by molar-refractivity contribution is -0.384. The van der Waals surface area contributed by atoms with Crippen molar-refractivity contribution in [1.82, 2.24) is 5.32 Å². The van der Waals surface area contributed by atoms with Crippen molar-refractivity contribution in [3.63, 3.8) is 0 Å². The number of hydrogen-bond donors (Lipinski definition) is 2. The molecule has 19 heavy (non-hydrogen) atoms. The van der Waals surface area contributed by atoms with Gasteiger partial charge in [-0.15, -0.1) is 0 Å². The van der Waals surface area contributed by atoms with E-state index in [1.807, 2.05) is 6.92 Å². The lowest BCUT2D eigenvalue weighted by Crippen LogP contribution is -2.26. The minimum atomic E-state index is -0.396. The van der Waals surface area contributed by atoms with Crippen LogP contribution in [0, 0.1) is 16.0 Å². The zero-order chi connectivity index (χ0) is 14.4. The van der Waals surface area contributed by atoms with Crippen LogP contribution in [0.3, 0.4) is 0 Å². The molecule has 0 bridgehead atoms. The van der Waals surface area contributed by atoms with Gasteiger partial charge in [0.1, 0.15) is 0 Å². The van der Waals surface area contributed by atoms with Gasteiger partial charge >= 0.3 is 0 Å². The second-order valence-corrected chi connectivity index (χ2v) is 5.17. The molecule has 0 fully saturated rings.